The Morgan fingerprint density at radius 3 is 2.38 bits per heavy atom. The largest absolute Gasteiger partial charge is 0.497 e. The fourth-order valence-electron chi connectivity index (χ4n) is 1.74. The van der Waals surface area contributed by atoms with Crippen molar-refractivity contribution in [3.8, 4) is 5.75 Å². The van der Waals surface area contributed by atoms with Crippen LogP contribution in [0.25, 0.3) is 0 Å². The van der Waals surface area contributed by atoms with Crippen LogP contribution in [0.1, 0.15) is 30.2 Å². The van der Waals surface area contributed by atoms with Crippen LogP contribution in [-0.4, -0.2) is 7.11 Å². The van der Waals surface area contributed by atoms with Crippen LogP contribution >= 0.6 is 11.6 Å². The third kappa shape index (κ3) is 2.46. The van der Waals surface area contributed by atoms with Gasteiger partial charge in [-0.1, -0.05) is 12.8 Å². The van der Waals surface area contributed by atoms with Gasteiger partial charge in [-0.2, -0.15) is 0 Å². The van der Waals surface area contributed by atoms with Crippen molar-refractivity contribution in [1.29, 1.82) is 0 Å². The van der Waals surface area contributed by atoms with E-state index in [-0.39, 0.29) is 11.3 Å². The second-order valence-electron chi connectivity index (χ2n) is 4.15. The van der Waals surface area contributed by atoms with E-state index in [0.717, 1.165) is 12.8 Å². The fourth-order valence-corrected chi connectivity index (χ4v) is 2.20. The van der Waals surface area contributed by atoms with E-state index in [9.17, 15) is 8.78 Å². The molecule has 1 unspecified atom stereocenters. The van der Waals surface area contributed by atoms with Gasteiger partial charge < -0.3 is 4.74 Å². The molecule has 0 bridgehead atoms. The Bertz CT molecular complexity index is 368. The maximum atomic E-state index is 13.6. The lowest BCUT2D eigenvalue weighted by atomic mass is 10.1. The van der Waals surface area contributed by atoms with E-state index >= 15 is 0 Å². The number of methoxy groups -OCH3 is 1. The third-order valence-electron chi connectivity index (χ3n) is 2.84. The molecule has 1 atom stereocenters. The number of halogens is 3. The van der Waals surface area contributed by atoms with Crippen LogP contribution in [0.3, 0.4) is 0 Å². The number of hydrogen-bond donors (Lipinski definition) is 0. The van der Waals surface area contributed by atoms with Crippen molar-refractivity contribution >= 4 is 11.6 Å². The van der Waals surface area contributed by atoms with E-state index in [0.29, 0.717) is 12.3 Å². The van der Waals surface area contributed by atoms with Gasteiger partial charge in [-0.3, -0.25) is 0 Å². The summed E-state index contributed by atoms with van der Waals surface area (Å²) in [4.78, 5) is 0. The van der Waals surface area contributed by atoms with E-state index in [1.807, 2.05) is 0 Å². The molecule has 4 heteroatoms. The highest BCUT2D eigenvalue weighted by molar-refractivity contribution is 6.20. The Labute approximate surface area is 98.4 Å². The van der Waals surface area contributed by atoms with Gasteiger partial charge in [0.1, 0.15) is 17.4 Å². The van der Waals surface area contributed by atoms with Crippen LogP contribution in [0.15, 0.2) is 12.1 Å². The van der Waals surface area contributed by atoms with Gasteiger partial charge in [0.15, 0.2) is 0 Å². The molecule has 0 aliphatic heterocycles. The normalized spacial score (nSPS) is 17.2. The van der Waals surface area contributed by atoms with E-state index in [1.54, 1.807) is 0 Å². The number of rotatable bonds is 4. The smallest absolute Gasteiger partial charge is 0.134 e. The van der Waals surface area contributed by atoms with Crippen LogP contribution in [0.2, 0.25) is 0 Å². The molecule has 0 aromatic heterocycles. The van der Waals surface area contributed by atoms with Crippen LogP contribution < -0.4 is 4.74 Å². The summed E-state index contributed by atoms with van der Waals surface area (Å²) in [6, 6.07) is 2.33. The third-order valence-corrected chi connectivity index (χ3v) is 3.24. The first-order valence-electron chi connectivity index (χ1n) is 5.28. The van der Waals surface area contributed by atoms with Crippen molar-refractivity contribution in [3.63, 3.8) is 0 Å². The Morgan fingerprint density at radius 1 is 1.38 bits per heavy atom. The van der Waals surface area contributed by atoms with E-state index in [1.165, 1.54) is 19.2 Å². The second-order valence-corrected chi connectivity index (χ2v) is 4.68. The predicted molar refractivity (Wildman–Crippen MR) is 58.8 cm³/mol. The standard InChI is InChI=1S/C12H13ClF2O/c1-16-8-5-10(14)12(11(15)6-8)9(13)4-7-2-3-7/h5-7,9H,2-4H2,1H3. The number of benzene rings is 1. The molecule has 16 heavy (non-hydrogen) atoms. The van der Waals surface area contributed by atoms with Gasteiger partial charge >= 0.3 is 0 Å². The van der Waals surface area contributed by atoms with Crippen LogP contribution in [0, 0.1) is 17.6 Å². The summed E-state index contributed by atoms with van der Waals surface area (Å²) < 4.78 is 32.0. The minimum absolute atomic E-state index is 0.0330. The number of alkyl halides is 1. The lowest BCUT2D eigenvalue weighted by Crippen LogP contribution is -2.01. The van der Waals surface area contributed by atoms with Crippen molar-refractivity contribution in [3.05, 3.63) is 29.3 Å². The zero-order valence-corrected chi connectivity index (χ0v) is 9.73. The quantitative estimate of drug-likeness (QED) is 0.728. The van der Waals surface area contributed by atoms with Gasteiger partial charge in [-0.25, -0.2) is 8.78 Å². The molecule has 1 fully saturated rings. The summed E-state index contributed by atoms with van der Waals surface area (Å²) in [6.07, 6.45) is 2.87. The van der Waals surface area contributed by atoms with Gasteiger partial charge in [-0.05, 0) is 12.3 Å². The molecule has 1 saturated carbocycles. The lowest BCUT2D eigenvalue weighted by Gasteiger charge is -2.12. The lowest BCUT2D eigenvalue weighted by molar-refractivity contribution is 0.404. The van der Waals surface area contributed by atoms with Crippen molar-refractivity contribution in [1.82, 2.24) is 0 Å². The summed E-state index contributed by atoms with van der Waals surface area (Å²) >= 11 is 6.03. The highest BCUT2D eigenvalue weighted by Gasteiger charge is 2.28. The molecule has 0 saturated heterocycles. The molecule has 0 spiro atoms. The number of ether oxygens (including phenoxy) is 1. The molecule has 0 amide bonds. The molecule has 1 aromatic carbocycles. The first kappa shape index (κ1) is 11.6. The average Bonchev–Trinajstić information content (AvgIpc) is 3.00. The molecule has 2 rings (SSSR count). The Morgan fingerprint density at radius 2 is 1.94 bits per heavy atom. The molecule has 1 aromatic rings. The zero-order chi connectivity index (χ0) is 11.7. The monoisotopic (exact) mass is 246 g/mol. The summed E-state index contributed by atoms with van der Waals surface area (Å²) in [5, 5.41) is -0.585. The van der Waals surface area contributed by atoms with Gasteiger partial charge in [-0.15, -0.1) is 11.6 Å². The summed E-state index contributed by atoms with van der Waals surface area (Å²) in [6.45, 7) is 0. The molecule has 0 N–H and O–H groups in total. The van der Waals surface area contributed by atoms with Crippen LogP contribution in [0.4, 0.5) is 8.78 Å². The van der Waals surface area contributed by atoms with Crippen molar-refractivity contribution in [2.24, 2.45) is 5.92 Å². The predicted octanol–water partition coefficient (Wildman–Crippen LogP) is 4.05. The van der Waals surface area contributed by atoms with Gasteiger partial charge in [0.2, 0.25) is 0 Å². The van der Waals surface area contributed by atoms with Crippen molar-refractivity contribution in [2.45, 2.75) is 24.6 Å². The first-order chi connectivity index (χ1) is 7.61. The molecule has 0 heterocycles. The molecule has 1 nitrogen and oxygen atoms in total. The summed E-state index contributed by atoms with van der Waals surface area (Å²) in [5.41, 5.74) is -0.0330. The highest BCUT2D eigenvalue weighted by atomic mass is 35.5. The molecule has 0 radical (unpaired) electrons. The Hall–Kier alpha value is -0.830. The Kier molecular flexibility index (Phi) is 3.33. The molecule has 1 aliphatic rings. The maximum absolute atomic E-state index is 13.6. The van der Waals surface area contributed by atoms with E-state index < -0.39 is 17.0 Å². The van der Waals surface area contributed by atoms with Crippen LogP contribution in [-0.2, 0) is 0 Å². The fraction of sp³-hybridized carbons (Fsp3) is 0.500. The second kappa shape index (κ2) is 4.58. The Balaban J connectivity index is 2.24. The van der Waals surface area contributed by atoms with Gasteiger partial charge in [0.05, 0.1) is 12.5 Å². The topological polar surface area (TPSA) is 9.23 Å². The molecule has 88 valence electrons. The molecule has 1 aliphatic carbocycles. The van der Waals surface area contributed by atoms with Gasteiger partial charge in [0.25, 0.3) is 0 Å². The van der Waals surface area contributed by atoms with Crippen LogP contribution in [0.5, 0.6) is 5.75 Å². The van der Waals surface area contributed by atoms with Gasteiger partial charge in [0, 0.05) is 17.7 Å². The SMILES string of the molecule is COc1cc(F)c(C(Cl)CC2CC2)c(F)c1. The minimum atomic E-state index is -0.627. The minimum Gasteiger partial charge on any atom is -0.497 e. The van der Waals surface area contributed by atoms with Crippen molar-refractivity contribution in [2.75, 3.05) is 7.11 Å². The summed E-state index contributed by atoms with van der Waals surface area (Å²) in [5.74, 6) is -0.549. The molecular formula is C12H13ClF2O. The van der Waals surface area contributed by atoms with Crippen molar-refractivity contribution < 1.29 is 13.5 Å². The highest BCUT2D eigenvalue weighted by Crippen LogP contribution is 2.42. The average molecular weight is 247 g/mol. The first-order valence-corrected chi connectivity index (χ1v) is 5.72. The zero-order valence-electron chi connectivity index (χ0n) is 8.97. The summed E-state index contributed by atoms with van der Waals surface area (Å²) in [7, 11) is 1.37. The maximum Gasteiger partial charge on any atom is 0.134 e. The number of hydrogen-bond acceptors (Lipinski definition) is 1. The molecular weight excluding hydrogens is 234 g/mol. The van der Waals surface area contributed by atoms with E-state index in [4.69, 9.17) is 16.3 Å². The van der Waals surface area contributed by atoms with E-state index in [2.05, 4.69) is 0 Å².